The first-order valence-corrected chi connectivity index (χ1v) is 18.3. The van der Waals surface area contributed by atoms with Crippen molar-refractivity contribution in [1.29, 1.82) is 0 Å². The van der Waals surface area contributed by atoms with E-state index in [4.69, 9.17) is 0 Å². The van der Waals surface area contributed by atoms with Gasteiger partial charge in [-0.25, -0.2) is 10.9 Å². The highest BCUT2D eigenvalue weighted by molar-refractivity contribution is 7.79. The SMILES string of the molecule is Cc1ccc([B-](CP(c2ccccc2)c2ccccc2)(CP(c2ccccc2)c2ccccc2)c2ccc(C)cc2)cc1. The van der Waals surface area contributed by atoms with Crippen molar-refractivity contribution in [1.82, 2.24) is 0 Å². The first kappa shape index (κ1) is 29.3. The molecule has 0 aliphatic heterocycles. The van der Waals surface area contributed by atoms with E-state index >= 15 is 0 Å². The Morgan fingerprint density at radius 3 is 0.860 bits per heavy atom. The summed E-state index contributed by atoms with van der Waals surface area (Å²) in [7, 11) is -1.26. The molecule has 0 unspecified atom stereocenters. The van der Waals surface area contributed by atoms with Crippen LogP contribution in [0, 0.1) is 13.8 Å². The lowest BCUT2D eigenvalue weighted by atomic mass is 9.21. The van der Waals surface area contributed by atoms with Gasteiger partial charge in [0.05, 0.1) is 6.15 Å². The molecule has 6 aromatic rings. The van der Waals surface area contributed by atoms with Crippen molar-refractivity contribution in [2.24, 2.45) is 0 Å². The summed E-state index contributed by atoms with van der Waals surface area (Å²) in [6, 6.07) is 66.2. The molecule has 0 saturated heterocycles. The Morgan fingerprint density at radius 2 is 0.605 bits per heavy atom. The third-order valence-corrected chi connectivity index (χ3v) is 14.4. The normalized spacial score (nSPS) is 11.6. The van der Waals surface area contributed by atoms with Crippen molar-refractivity contribution in [3.8, 4) is 0 Å². The van der Waals surface area contributed by atoms with E-state index in [1.807, 2.05) is 0 Å². The molecule has 0 fully saturated rings. The topological polar surface area (TPSA) is 0 Å². The van der Waals surface area contributed by atoms with Crippen LogP contribution in [-0.4, -0.2) is 18.3 Å². The monoisotopic (exact) mass is 591 g/mol. The summed E-state index contributed by atoms with van der Waals surface area (Å²) < 4.78 is 0. The largest absolute Gasteiger partial charge is 0.204 e. The minimum Gasteiger partial charge on any atom is -0.204 e. The lowest BCUT2D eigenvalue weighted by molar-refractivity contribution is 1.47. The van der Waals surface area contributed by atoms with E-state index in [1.54, 1.807) is 0 Å². The summed E-state index contributed by atoms with van der Waals surface area (Å²) in [4.78, 5) is 0. The summed E-state index contributed by atoms with van der Waals surface area (Å²) in [5, 5.41) is 5.77. The van der Waals surface area contributed by atoms with Crippen LogP contribution in [0.4, 0.5) is 0 Å². The van der Waals surface area contributed by atoms with Gasteiger partial charge in [-0.1, -0.05) is 197 Å². The molecule has 0 bridgehead atoms. The fraction of sp³-hybridized carbons (Fsp3) is 0.100. The van der Waals surface area contributed by atoms with Gasteiger partial charge in [0.25, 0.3) is 0 Å². The molecule has 0 amide bonds. The predicted molar refractivity (Wildman–Crippen MR) is 195 cm³/mol. The van der Waals surface area contributed by atoms with Crippen molar-refractivity contribution in [3.63, 3.8) is 0 Å². The van der Waals surface area contributed by atoms with Crippen LogP contribution >= 0.6 is 15.8 Å². The maximum absolute atomic E-state index is 2.43. The number of benzene rings is 6. The van der Waals surface area contributed by atoms with E-state index in [9.17, 15) is 0 Å². The minimum atomic E-state index is -1.19. The molecule has 0 saturated carbocycles. The molecular weight excluding hydrogens is 553 g/mol. The Kier molecular flexibility index (Phi) is 9.34. The second kappa shape index (κ2) is 13.7. The van der Waals surface area contributed by atoms with Crippen LogP contribution in [0.1, 0.15) is 11.1 Å². The van der Waals surface area contributed by atoms with E-state index in [0.717, 1.165) is 12.1 Å². The third kappa shape index (κ3) is 6.75. The lowest BCUT2D eigenvalue weighted by Gasteiger charge is -2.47. The Hall–Kier alpha value is -3.76. The lowest BCUT2D eigenvalue weighted by Crippen LogP contribution is -2.65. The summed E-state index contributed by atoms with van der Waals surface area (Å²) in [6.07, 6.45) is -1.19. The van der Waals surface area contributed by atoms with E-state index in [1.165, 1.54) is 43.3 Å². The van der Waals surface area contributed by atoms with Crippen LogP contribution in [0.2, 0.25) is 0 Å². The molecule has 0 spiro atoms. The van der Waals surface area contributed by atoms with E-state index in [0.29, 0.717) is 0 Å². The van der Waals surface area contributed by atoms with Gasteiger partial charge in [-0.15, -0.1) is 12.1 Å². The number of aryl methyl sites for hydroxylation is 2. The molecule has 0 aromatic heterocycles. The first-order valence-electron chi connectivity index (χ1n) is 15.2. The van der Waals surface area contributed by atoms with Crippen LogP contribution in [0.3, 0.4) is 0 Å². The molecule has 6 rings (SSSR count). The van der Waals surface area contributed by atoms with Crippen LogP contribution in [0.15, 0.2) is 170 Å². The maximum Gasteiger partial charge on any atom is 0.0646 e. The van der Waals surface area contributed by atoms with E-state index in [-0.39, 0.29) is 0 Å². The highest BCUT2D eigenvalue weighted by atomic mass is 31.1. The zero-order valence-corrected chi connectivity index (χ0v) is 26.8. The van der Waals surface area contributed by atoms with Gasteiger partial charge in [-0.2, -0.15) is 0 Å². The van der Waals surface area contributed by atoms with Gasteiger partial charge < -0.3 is 0 Å². The van der Waals surface area contributed by atoms with Gasteiger partial charge >= 0.3 is 0 Å². The second-order valence-electron chi connectivity index (χ2n) is 11.6. The molecule has 0 N–H and O–H groups in total. The highest BCUT2D eigenvalue weighted by Crippen LogP contribution is 2.42. The van der Waals surface area contributed by atoms with Crippen molar-refractivity contribution in [3.05, 3.63) is 181 Å². The molecule has 0 nitrogen and oxygen atoms in total. The van der Waals surface area contributed by atoms with Crippen LogP contribution in [0.25, 0.3) is 0 Å². The average molecular weight is 592 g/mol. The Bertz CT molecular complexity index is 1490. The third-order valence-electron chi connectivity index (χ3n) is 8.69. The van der Waals surface area contributed by atoms with Crippen molar-refractivity contribution < 1.29 is 0 Å². The average Bonchev–Trinajstić information content (AvgIpc) is 3.07. The molecule has 212 valence electrons. The van der Waals surface area contributed by atoms with Gasteiger partial charge in [0.15, 0.2) is 0 Å². The second-order valence-corrected chi connectivity index (χ2v) is 16.1. The fourth-order valence-electron chi connectivity index (χ4n) is 6.32. The van der Waals surface area contributed by atoms with Crippen LogP contribution in [-0.2, 0) is 0 Å². The zero-order valence-electron chi connectivity index (χ0n) is 25.1. The summed E-state index contributed by atoms with van der Waals surface area (Å²) >= 11 is 0. The number of rotatable bonds is 10. The molecule has 0 aliphatic rings. The molecule has 0 atom stereocenters. The standard InChI is InChI=1S/C40H38BP2/c1-33-23-27-35(28-24-33)41(36-29-25-34(2)26-30-36,31-42(37-15-7-3-8-16-37)38-17-9-4-10-18-38)32-43(39-19-11-5-12-20-39)40-21-13-6-14-22-40/h3-30H,31-32H2,1-2H3/q-1. The summed E-state index contributed by atoms with van der Waals surface area (Å²) in [6.45, 7) is 4.40. The minimum absolute atomic E-state index is 0.632. The Morgan fingerprint density at radius 1 is 0.349 bits per heavy atom. The van der Waals surface area contributed by atoms with E-state index in [2.05, 4.69) is 184 Å². The van der Waals surface area contributed by atoms with Crippen molar-refractivity contribution in [2.45, 2.75) is 13.8 Å². The van der Waals surface area contributed by atoms with Gasteiger partial charge in [0.1, 0.15) is 0 Å². The number of hydrogen-bond acceptors (Lipinski definition) is 0. The molecule has 43 heavy (non-hydrogen) atoms. The quantitative estimate of drug-likeness (QED) is 0.117. The first-order chi connectivity index (χ1) is 21.1. The maximum atomic E-state index is 2.43. The predicted octanol–water partition coefficient (Wildman–Crippen LogP) is 7.21. The van der Waals surface area contributed by atoms with Crippen molar-refractivity contribution in [2.75, 3.05) is 12.1 Å². The number of hydrogen-bond donors (Lipinski definition) is 0. The van der Waals surface area contributed by atoms with E-state index < -0.39 is 22.0 Å². The Balaban J connectivity index is 1.61. The summed E-state index contributed by atoms with van der Waals surface area (Å²) in [5.41, 5.74) is 5.54. The molecule has 3 heteroatoms. The fourth-order valence-corrected chi connectivity index (χ4v) is 12.4. The molecule has 0 radical (unpaired) electrons. The van der Waals surface area contributed by atoms with Gasteiger partial charge in [-0.3, -0.25) is 0 Å². The van der Waals surface area contributed by atoms with Gasteiger partial charge in [-0.05, 0) is 35.1 Å². The molecule has 0 heterocycles. The molecule has 6 aromatic carbocycles. The van der Waals surface area contributed by atoms with Crippen LogP contribution in [0.5, 0.6) is 0 Å². The van der Waals surface area contributed by atoms with Crippen LogP contribution < -0.4 is 32.1 Å². The Labute approximate surface area is 260 Å². The zero-order chi connectivity index (χ0) is 29.5. The van der Waals surface area contributed by atoms with Crippen molar-refractivity contribution >= 4 is 54.1 Å². The molecule has 0 aliphatic carbocycles. The molecular formula is C40H38BP2-. The summed E-state index contributed by atoms with van der Waals surface area (Å²) in [5.74, 6) is 0. The van der Waals surface area contributed by atoms with Gasteiger partial charge in [0, 0.05) is 0 Å². The smallest absolute Gasteiger partial charge is 0.0646 e. The highest BCUT2D eigenvalue weighted by Gasteiger charge is 2.35. The van der Waals surface area contributed by atoms with Gasteiger partial charge in [0.2, 0.25) is 0 Å².